The molecule has 0 aromatic heterocycles. The first kappa shape index (κ1) is 24.5. The number of aryl methyl sites for hydroxylation is 1. The molecule has 1 aliphatic heterocycles. The number of carbonyl (C=O) groups excluding carboxylic acids is 4. The zero-order valence-corrected chi connectivity index (χ0v) is 20.1. The number of nitrogens with one attached hydrogen (secondary N) is 1. The van der Waals surface area contributed by atoms with Crippen LogP contribution < -0.4 is 19.8 Å². The Labute approximate surface area is 208 Å². The Bertz CT molecular complexity index is 1320. The second-order valence-electron chi connectivity index (χ2n) is 8.18. The van der Waals surface area contributed by atoms with Crippen molar-refractivity contribution in [1.82, 2.24) is 10.4 Å². The van der Waals surface area contributed by atoms with E-state index in [9.17, 15) is 19.2 Å². The minimum absolute atomic E-state index is 0.172. The summed E-state index contributed by atoms with van der Waals surface area (Å²) in [6.45, 7) is 1.85. The van der Waals surface area contributed by atoms with E-state index < -0.39 is 29.7 Å². The van der Waals surface area contributed by atoms with E-state index in [1.165, 1.54) is 26.4 Å². The minimum atomic E-state index is -1.23. The molecule has 1 N–H and O–H groups in total. The van der Waals surface area contributed by atoms with Gasteiger partial charge in [0.1, 0.15) is 6.04 Å². The van der Waals surface area contributed by atoms with Crippen molar-refractivity contribution in [2.24, 2.45) is 0 Å². The van der Waals surface area contributed by atoms with Crippen molar-refractivity contribution in [2.45, 2.75) is 19.4 Å². The van der Waals surface area contributed by atoms with Gasteiger partial charge in [-0.3, -0.25) is 24.6 Å². The average Bonchev–Trinajstić information content (AvgIpc) is 3.19. The molecule has 9 nitrogen and oxygen atoms in total. The van der Waals surface area contributed by atoms with Crippen LogP contribution in [-0.4, -0.2) is 48.9 Å². The first-order valence-corrected chi connectivity index (χ1v) is 11.2. The van der Waals surface area contributed by atoms with Crippen LogP contribution in [0.4, 0.5) is 5.69 Å². The molecule has 0 aliphatic carbocycles. The molecule has 1 saturated heterocycles. The van der Waals surface area contributed by atoms with Gasteiger partial charge in [-0.05, 0) is 55.0 Å². The summed E-state index contributed by atoms with van der Waals surface area (Å²) in [4.78, 5) is 54.0. The lowest BCUT2D eigenvalue weighted by Gasteiger charge is -2.28. The van der Waals surface area contributed by atoms with Crippen LogP contribution in [0.2, 0.25) is 0 Å². The number of methoxy groups -OCH3 is 2. The predicted octanol–water partition coefficient (Wildman–Crippen LogP) is 3.13. The van der Waals surface area contributed by atoms with Gasteiger partial charge in [-0.1, -0.05) is 30.3 Å². The quantitative estimate of drug-likeness (QED) is 0.423. The number of imide groups is 1. The number of hydrazine groups is 1. The highest BCUT2D eigenvalue weighted by Gasteiger charge is 2.45. The number of amides is 4. The molecule has 0 spiro atoms. The number of ether oxygens (including phenoxy) is 2. The van der Waals surface area contributed by atoms with Crippen molar-refractivity contribution in [3.63, 3.8) is 0 Å². The van der Waals surface area contributed by atoms with Gasteiger partial charge in [0, 0.05) is 11.1 Å². The molecule has 0 bridgehead atoms. The topological polar surface area (TPSA) is 105 Å². The lowest BCUT2D eigenvalue weighted by Crippen LogP contribution is -2.54. The molecule has 0 saturated carbocycles. The summed E-state index contributed by atoms with van der Waals surface area (Å²) in [5.74, 6) is -1.61. The third-order valence-electron chi connectivity index (χ3n) is 5.80. The number of nitrogens with zero attached hydrogens (tertiary/aromatic N) is 2. The molecule has 1 fully saturated rings. The Kier molecular flexibility index (Phi) is 7.00. The van der Waals surface area contributed by atoms with E-state index in [4.69, 9.17) is 9.47 Å². The standard InChI is InChI=1S/C27H25N3O6/c1-17-8-7-11-20(14-17)29-24(31)16-21(27(29)34)30(26(33)18-9-5-4-6-10-18)28-25(32)19-12-13-22(35-2)23(15-19)36-3/h4-15,21H,16H2,1-3H3,(H,28,32). The molecule has 4 amide bonds. The molecule has 1 atom stereocenters. The van der Waals surface area contributed by atoms with E-state index in [-0.39, 0.29) is 17.5 Å². The van der Waals surface area contributed by atoms with E-state index in [0.717, 1.165) is 15.5 Å². The maximum atomic E-state index is 13.5. The molecular weight excluding hydrogens is 462 g/mol. The van der Waals surface area contributed by atoms with Crippen LogP contribution in [-0.2, 0) is 9.59 Å². The van der Waals surface area contributed by atoms with Crippen molar-refractivity contribution in [3.8, 4) is 11.5 Å². The van der Waals surface area contributed by atoms with Crippen LogP contribution in [0.1, 0.15) is 32.7 Å². The molecule has 1 unspecified atom stereocenters. The SMILES string of the molecule is COc1ccc(C(=O)NN(C(=O)c2ccccc2)C2CC(=O)N(c3cccc(C)c3)C2=O)cc1OC. The number of benzene rings is 3. The smallest absolute Gasteiger partial charge is 0.273 e. The molecule has 3 aromatic rings. The Morgan fingerprint density at radius 2 is 1.61 bits per heavy atom. The summed E-state index contributed by atoms with van der Waals surface area (Å²) < 4.78 is 10.5. The van der Waals surface area contributed by atoms with Gasteiger partial charge in [0.05, 0.1) is 26.3 Å². The lowest BCUT2D eigenvalue weighted by atomic mass is 10.1. The second-order valence-corrected chi connectivity index (χ2v) is 8.18. The third-order valence-corrected chi connectivity index (χ3v) is 5.80. The molecule has 4 rings (SSSR count). The number of carbonyl (C=O) groups is 4. The van der Waals surface area contributed by atoms with Crippen molar-refractivity contribution in [3.05, 3.63) is 89.5 Å². The summed E-state index contributed by atoms with van der Waals surface area (Å²) in [7, 11) is 2.91. The number of hydrogen-bond acceptors (Lipinski definition) is 6. The van der Waals surface area contributed by atoms with Crippen LogP contribution in [0.25, 0.3) is 0 Å². The fraction of sp³-hybridized carbons (Fsp3) is 0.185. The Hall–Kier alpha value is -4.66. The average molecular weight is 488 g/mol. The van der Waals surface area contributed by atoms with Gasteiger partial charge >= 0.3 is 0 Å². The fourth-order valence-electron chi connectivity index (χ4n) is 4.00. The summed E-state index contributed by atoms with van der Waals surface area (Å²) in [6.07, 6.45) is -0.280. The normalized spacial score (nSPS) is 15.0. The first-order valence-electron chi connectivity index (χ1n) is 11.2. The van der Waals surface area contributed by atoms with E-state index in [1.54, 1.807) is 54.6 Å². The molecule has 184 valence electrons. The van der Waals surface area contributed by atoms with Crippen LogP contribution in [0.3, 0.4) is 0 Å². The van der Waals surface area contributed by atoms with Crippen LogP contribution >= 0.6 is 0 Å². The summed E-state index contributed by atoms with van der Waals surface area (Å²) >= 11 is 0. The number of rotatable bonds is 6. The monoisotopic (exact) mass is 487 g/mol. The summed E-state index contributed by atoms with van der Waals surface area (Å²) in [6, 6.07) is 18.5. The first-order chi connectivity index (χ1) is 17.3. The molecule has 3 aromatic carbocycles. The highest BCUT2D eigenvalue weighted by molar-refractivity contribution is 6.23. The molecular formula is C27H25N3O6. The lowest BCUT2D eigenvalue weighted by molar-refractivity contribution is -0.122. The molecule has 1 aliphatic rings. The minimum Gasteiger partial charge on any atom is -0.493 e. The van der Waals surface area contributed by atoms with E-state index in [2.05, 4.69) is 5.43 Å². The number of anilines is 1. The van der Waals surface area contributed by atoms with Crippen LogP contribution in [0, 0.1) is 6.92 Å². The maximum absolute atomic E-state index is 13.5. The molecule has 36 heavy (non-hydrogen) atoms. The van der Waals surface area contributed by atoms with Gasteiger partial charge in [0.25, 0.3) is 17.7 Å². The van der Waals surface area contributed by atoms with Gasteiger partial charge in [0.15, 0.2) is 11.5 Å². The number of hydrogen-bond donors (Lipinski definition) is 1. The van der Waals surface area contributed by atoms with Gasteiger partial charge in [-0.15, -0.1) is 0 Å². The highest BCUT2D eigenvalue weighted by Crippen LogP contribution is 2.29. The van der Waals surface area contributed by atoms with Gasteiger partial charge in [-0.25, -0.2) is 9.91 Å². The van der Waals surface area contributed by atoms with E-state index >= 15 is 0 Å². The van der Waals surface area contributed by atoms with Crippen molar-refractivity contribution < 1.29 is 28.7 Å². The zero-order valence-electron chi connectivity index (χ0n) is 20.1. The third kappa shape index (κ3) is 4.76. The van der Waals surface area contributed by atoms with Gasteiger partial charge < -0.3 is 9.47 Å². The second kappa shape index (κ2) is 10.3. The van der Waals surface area contributed by atoms with Crippen LogP contribution in [0.15, 0.2) is 72.8 Å². The fourth-order valence-corrected chi connectivity index (χ4v) is 4.00. The predicted molar refractivity (Wildman–Crippen MR) is 132 cm³/mol. The molecule has 1 heterocycles. The van der Waals surface area contributed by atoms with Gasteiger partial charge in [-0.2, -0.15) is 0 Å². The van der Waals surface area contributed by atoms with Gasteiger partial charge in [0.2, 0.25) is 5.91 Å². The van der Waals surface area contributed by atoms with Crippen molar-refractivity contribution in [1.29, 1.82) is 0 Å². The van der Waals surface area contributed by atoms with E-state index in [0.29, 0.717) is 17.2 Å². The summed E-state index contributed by atoms with van der Waals surface area (Å²) in [5, 5.41) is 0.935. The van der Waals surface area contributed by atoms with Crippen LogP contribution in [0.5, 0.6) is 11.5 Å². The maximum Gasteiger partial charge on any atom is 0.273 e. The Balaban J connectivity index is 1.68. The largest absolute Gasteiger partial charge is 0.493 e. The Morgan fingerprint density at radius 1 is 0.889 bits per heavy atom. The summed E-state index contributed by atoms with van der Waals surface area (Å²) in [5.41, 5.74) is 4.25. The molecule has 9 heteroatoms. The van der Waals surface area contributed by atoms with Crippen molar-refractivity contribution >= 4 is 29.3 Å². The van der Waals surface area contributed by atoms with Crippen molar-refractivity contribution in [2.75, 3.05) is 19.1 Å². The van der Waals surface area contributed by atoms with E-state index in [1.807, 2.05) is 13.0 Å². The highest BCUT2D eigenvalue weighted by atomic mass is 16.5. The molecule has 0 radical (unpaired) electrons. The zero-order chi connectivity index (χ0) is 25.8. The Morgan fingerprint density at radius 3 is 2.28 bits per heavy atom.